The van der Waals surface area contributed by atoms with Gasteiger partial charge in [0.1, 0.15) is 6.61 Å². The second-order valence-electron chi connectivity index (χ2n) is 2.94. The number of rotatable bonds is 3. The highest BCUT2D eigenvalue weighted by molar-refractivity contribution is 5.65. The Hall–Kier alpha value is -1.25. The van der Waals surface area contributed by atoms with Crippen molar-refractivity contribution in [1.82, 2.24) is 4.90 Å². The van der Waals surface area contributed by atoms with Crippen molar-refractivity contribution in [2.75, 3.05) is 32.9 Å². The number of hydrogen-bond donors (Lipinski definition) is 1. The van der Waals surface area contributed by atoms with E-state index in [2.05, 4.69) is 5.92 Å². The van der Waals surface area contributed by atoms with Crippen molar-refractivity contribution in [2.45, 2.75) is 6.10 Å². The molecule has 1 aliphatic heterocycles. The van der Waals surface area contributed by atoms with Crippen molar-refractivity contribution in [3.05, 3.63) is 0 Å². The average molecular weight is 199 g/mol. The Bertz CT molecular complexity index is 235. The van der Waals surface area contributed by atoms with Crippen molar-refractivity contribution in [2.24, 2.45) is 0 Å². The average Bonchev–Trinajstić information content (AvgIpc) is 2.19. The van der Waals surface area contributed by atoms with Crippen molar-refractivity contribution in [3.8, 4) is 12.3 Å². The second kappa shape index (κ2) is 5.47. The van der Waals surface area contributed by atoms with Crippen LogP contribution in [0, 0.1) is 12.3 Å². The maximum absolute atomic E-state index is 10.6. The topological polar surface area (TPSA) is 59.0 Å². The van der Waals surface area contributed by atoms with Gasteiger partial charge in [0.15, 0.2) is 0 Å². The van der Waals surface area contributed by atoms with Gasteiger partial charge in [-0.1, -0.05) is 5.92 Å². The van der Waals surface area contributed by atoms with Crippen molar-refractivity contribution in [1.29, 1.82) is 0 Å². The predicted molar refractivity (Wildman–Crippen MR) is 49.0 cm³/mol. The minimum Gasteiger partial charge on any atom is -0.465 e. The van der Waals surface area contributed by atoms with E-state index >= 15 is 0 Å². The molecule has 0 unspecified atom stereocenters. The lowest BCUT2D eigenvalue weighted by Crippen LogP contribution is -2.46. The van der Waals surface area contributed by atoms with Gasteiger partial charge in [0.25, 0.3) is 0 Å². The summed E-state index contributed by atoms with van der Waals surface area (Å²) in [7, 11) is 0. The van der Waals surface area contributed by atoms with Crippen LogP contribution in [-0.4, -0.2) is 55.1 Å². The molecule has 5 nitrogen and oxygen atoms in total. The van der Waals surface area contributed by atoms with E-state index in [4.69, 9.17) is 21.0 Å². The molecule has 0 aliphatic carbocycles. The fraction of sp³-hybridized carbons (Fsp3) is 0.667. The Morgan fingerprint density at radius 1 is 1.79 bits per heavy atom. The molecule has 1 rings (SSSR count). The molecule has 0 radical (unpaired) electrons. The molecule has 0 aromatic heterocycles. The minimum absolute atomic E-state index is 0.201. The standard InChI is InChI=1S/C9H13NO4/c1-2-4-13-7-8-6-10(9(11)12)3-5-14-8/h1,8H,3-7H2,(H,11,12)/t8-/m1/s1. The van der Waals surface area contributed by atoms with Crippen molar-refractivity contribution in [3.63, 3.8) is 0 Å². The minimum atomic E-state index is -0.921. The Morgan fingerprint density at radius 2 is 2.57 bits per heavy atom. The smallest absolute Gasteiger partial charge is 0.407 e. The molecule has 78 valence electrons. The number of hydrogen-bond acceptors (Lipinski definition) is 3. The van der Waals surface area contributed by atoms with Gasteiger partial charge in [-0.15, -0.1) is 6.42 Å². The third kappa shape index (κ3) is 3.24. The lowest BCUT2D eigenvalue weighted by molar-refractivity contribution is -0.0584. The van der Waals surface area contributed by atoms with Gasteiger partial charge in [-0.2, -0.15) is 0 Å². The van der Waals surface area contributed by atoms with Gasteiger partial charge < -0.3 is 19.5 Å². The molecule has 1 amide bonds. The molecule has 0 bridgehead atoms. The summed E-state index contributed by atoms with van der Waals surface area (Å²) in [6.45, 7) is 1.75. The van der Waals surface area contributed by atoms with Gasteiger partial charge in [-0.3, -0.25) is 0 Å². The second-order valence-corrected chi connectivity index (χ2v) is 2.94. The summed E-state index contributed by atoms with van der Waals surface area (Å²) < 4.78 is 10.4. The summed E-state index contributed by atoms with van der Waals surface area (Å²) in [6.07, 6.45) is 3.88. The van der Waals surface area contributed by atoms with Gasteiger partial charge in [-0.25, -0.2) is 4.79 Å². The predicted octanol–water partition coefficient (Wildman–Crippen LogP) is 0.0150. The van der Waals surface area contributed by atoms with Crippen LogP contribution < -0.4 is 0 Å². The van der Waals surface area contributed by atoms with Crippen LogP contribution >= 0.6 is 0 Å². The molecule has 0 aromatic carbocycles. The van der Waals surface area contributed by atoms with Gasteiger partial charge in [-0.05, 0) is 0 Å². The van der Waals surface area contributed by atoms with Crippen molar-refractivity contribution < 1.29 is 19.4 Å². The van der Waals surface area contributed by atoms with E-state index in [0.29, 0.717) is 26.3 Å². The maximum Gasteiger partial charge on any atom is 0.407 e. The lowest BCUT2D eigenvalue weighted by atomic mass is 10.3. The van der Waals surface area contributed by atoms with E-state index in [9.17, 15) is 4.79 Å². The van der Waals surface area contributed by atoms with E-state index in [1.165, 1.54) is 4.90 Å². The largest absolute Gasteiger partial charge is 0.465 e. The molecular weight excluding hydrogens is 186 g/mol. The highest BCUT2D eigenvalue weighted by Crippen LogP contribution is 2.05. The molecule has 14 heavy (non-hydrogen) atoms. The van der Waals surface area contributed by atoms with E-state index < -0.39 is 6.09 Å². The molecule has 5 heteroatoms. The summed E-state index contributed by atoms with van der Waals surface area (Å²) in [4.78, 5) is 11.9. The Kier molecular flexibility index (Phi) is 4.23. The third-order valence-corrected chi connectivity index (χ3v) is 1.90. The SMILES string of the molecule is C#CCOC[C@H]1CN(C(=O)O)CCO1. The first-order chi connectivity index (χ1) is 6.74. The molecule has 1 fully saturated rings. The summed E-state index contributed by atoms with van der Waals surface area (Å²) in [5, 5.41) is 8.72. The molecule has 1 aliphatic rings. The van der Waals surface area contributed by atoms with Crippen LogP contribution in [0.25, 0.3) is 0 Å². The molecule has 1 N–H and O–H groups in total. The highest BCUT2D eigenvalue weighted by Gasteiger charge is 2.23. The zero-order chi connectivity index (χ0) is 10.4. The molecule has 0 spiro atoms. The maximum atomic E-state index is 10.6. The van der Waals surface area contributed by atoms with Gasteiger partial charge in [0.05, 0.1) is 25.9 Å². The number of carbonyl (C=O) groups is 1. The molecule has 0 saturated carbocycles. The molecule has 0 aromatic rings. The Labute approximate surface area is 82.6 Å². The Morgan fingerprint density at radius 3 is 3.21 bits per heavy atom. The van der Waals surface area contributed by atoms with Crippen LogP contribution in [0.3, 0.4) is 0 Å². The Balaban J connectivity index is 2.26. The first-order valence-corrected chi connectivity index (χ1v) is 4.34. The van der Waals surface area contributed by atoms with Crippen LogP contribution in [-0.2, 0) is 9.47 Å². The number of amides is 1. The van der Waals surface area contributed by atoms with Gasteiger partial charge >= 0.3 is 6.09 Å². The number of terminal acetylenes is 1. The summed E-state index contributed by atoms with van der Waals surface area (Å²) in [5.41, 5.74) is 0. The van der Waals surface area contributed by atoms with Gasteiger partial charge in [0, 0.05) is 6.54 Å². The fourth-order valence-electron chi connectivity index (χ4n) is 1.24. The first kappa shape index (κ1) is 10.8. The highest BCUT2D eigenvalue weighted by atomic mass is 16.5. The summed E-state index contributed by atoms with van der Waals surface area (Å²) in [5.74, 6) is 2.33. The third-order valence-electron chi connectivity index (χ3n) is 1.90. The zero-order valence-corrected chi connectivity index (χ0v) is 7.81. The van der Waals surface area contributed by atoms with Crippen LogP contribution in [0.5, 0.6) is 0 Å². The van der Waals surface area contributed by atoms with E-state index in [1.807, 2.05) is 0 Å². The van der Waals surface area contributed by atoms with Crippen molar-refractivity contribution >= 4 is 6.09 Å². The number of nitrogens with zero attached hydrogens (tertiary/aromatic N) is 1. The number of carboxylic acid groups (broad SMARTS) is 1. The van der Waals surface area contributed by atoms with E-state index in [0.717, 1.165) is 0 Å². The monoisotopic (exact) mass is 199 g/mol. The quantitative estimate of drug-likeness (QED) is 0.514. The van der Waals surface area contributed by atoms with Crippen LogP contribution in [0.1, 0.15) is 0 Å². The fourth-order valence-corrected chi connectivity index (χ4v) is 1.24. The molecule has 1 heterocycles. The molecule has 1 saturated heterocycles. The summed E-state index contributed by atoms with van der Waals surface area (Å²) >= 11 is 0. The number of morpholine rings is 1. The lowest BCUT2D eigenvalue weighted by Gasteiger charge is -2.30. The van der Waals surface area contributed by atoms with Crippen LogP contribution in [0.4, 0.5) is 4.79 Å². The summed E-state index contributed by atoms with van der Waals surface area (Å²) in [6, 6.07) is 0. The normalized spacial score (nSPS) is 21.6. The van der Waals surface area contributed by atoms with Crippen LogP contribution in [0.2, 0.25) is 0 Å². The van der Waals surface area contributed by atoms with E-state index in [1.54, 1.807) is 0 Å². The van der Waals surface area contributed by atoms with Crippen LogP contribution in [0.15, 0.2) is 0 Å². The number of ether oxygens (including phenoxy) is 2. The van der Waals surface area contributed by atoms with E-state index in [-0.39, 0.29) is 12.7 Å². The van der Waals surface area contributed by atoms with Gasteiger partial charge in [0.2, 0.25) is 0 Å². The zero-order valence-electron chi connectivity index (χ0n) is 7.81. The first-order valence-electron chi connectivity index (χ1n) is 4.34. The molecular formula is C9H13NO4. The molecule has 1 atom stereocenters.